The lowest BCUT2D eigenvalue weighted by Crippen LogP contribution is -2.11. The first-order valence-corrected chi connectivity index (χ1v) is 4.92. The van der Waals surface area contributed by atoms with Gasteiger partial charge in [-0.25, -0.2) is 8.78 Å². The number of benzene rings is 1. The molecule has 0 fully saturated rings. The van der Waals surface area contributed by atoms with Crippen molar-refractivity contribution < 1.29 is 8.78 Å². The standard InChI is InChI=1S/C11H13F2N/c12-7-5-9-8(10(13)6-7)3-1-2-4-11(9)14/h5-6,11H,1-4,14H2/t11-/m1/s1. The van der Waals surface area contributed by atoms with Crippen molar-refractivity contribution in [2.24, 2.45) is 5.73 Å². The minimum absolute atomic E-state index is 0.210. The van der Waals surface area contributed by atoms with Gasteiger partial charge in [-0.2, -0.15) is 0 Å². The Hall–Kier alpha value is -0.960. The molecule has 1 aromatic rings. The maximum Gasteiger partial charge on any atom is 0.129 e. The molecule has 0 heterocycles. The van der Waals surface area contributed by atoms with Crippen LogP contribution in [-0.2, 0) is 6.42 Å². The largest absolute Gasteiger partial charge is 0.324 e. The second kappa shape index (κ2) is 3.65. The average Bonchev–Trinajstić information content (AvgIpc) is 2.29. The molecule has 0 unspecified atom stereocenters. The van der Waals surface area contributed by atoms with E-state index in [4.69, 9.17) is 5.73 Å². The first-order chi connectivity index (χ1) is 6.68. The molecule has 0 saturated carbocycles. The zero-order valence-electron chi connectivity index (χ0n) is 7.89. The maximum absolute atomic E-state index is 13.4. The third-order valence-corrected chi connectivity index (χ3v) is 2.79. The summed E-state index contributed by atoms with van der Waals surface area (Å²) < 4.78 is 26.4. The molecule has 1 nitrogen and oxygen atoms in total. The van der Waals surface area contributed by atoms with Gasteiger partial charge in [-0.05, 0) is 36.5 Å². The molecule has 0 bridgehead atoms. The summed E-state index contributed by atoms with van der Waals surface area (Å²) in [5, 5.41) is 0. The van der Waals surface area contributed by atoms with E-state index >= 15 is 0 Å². The maximum atomic E-state index is 13.4. The van der Waals surface area contributed by atoms with Crippen molar-refractivity contribution in [1.29, 1.82) is 0 Å². The number of rotatable bonds is 0. The van der Waals surface area contributed by atoms with Gasteiger partial charge in [0.1, 0.15) is 11.6 Å². The molecule has 0 aliphatic heterocycles. The Morgan fingerprint density at radius 1 is 1.21 bits per heavy atom. The molecule has 76 valence electrons. The van der Waals surface area contributed by atoms with E-state index < -0.39 is 11.6 Å². The van der Waals surface area contributed by atoms with Gasteiger partial charge in [0, 0.05) is 12.1 Å². The summed E-state index contributed by atoms with van der Waals surface area (Å²) in [6, 6.07) is 2.10. The smallest absolute Gasteiger partial charge is 0.129 e. The van der Waals surface area contributed by atoms with E-state index in [2.05, 4.69) is 0 Å². The average molecular weight is 197 g/mol. The van der Waals surface area contributed by atoms with Crippen molar-refractivity contribution in [3.05, 3.63) is 34.9 Å². The van der Waals surface area contributed by atoms with Gasteiger partial charge in [0.25, 0.3) is 0 Å². The Labute approximate surface area is 81.9 Å². The van der Waals surface area contributed by atoms with Crippen molar-refractivity contribution in [3.63, 3.8) is 0 Å². The molecule has 1 aliphatic rings. The van der Waals surface area contributed by atoms with Crippen molar-refractivity contribution in [2.75, 3.05) is 0 Å². The van der Waals surface area contributed by atoms with Crippen LogP contribution in [0.25, 0.3) is 0 Å². The first-order valence-electron chi connectivity index (χ1n) is 4.92. The van der Waals surface area contributed by atoms with E-state index in [1.807, 2.05) is 0 Å². The molecule has 14 heavy (non-hydrogen) atoms. The molecular formula is C11H13F2N. The zero-order chi connectivity index (χ0) is 10.1. The predicted octanol–water partition coefficient (Wildman–Crippen LogP) is 2.69. The van der Waals surface area contributed by atoms with Crippen LogP contribution in [0.2, 0.25) is 0 Å². The van der Waals surface area contributed by atoms with Crippen LogP contribution in [0.15, 0.2) is 12.1 Å². The highest BCUT2D eigenvalue weighted by molar-refractivity contribution is 5.33. The summed E-state index contributed by atoms with van der Waals surface area (Å²) >= 11 is 0. The lowest BCUT2D eigenvalue weighted by atomic mass is 9.99. The quantitative estimate of drug-likeness (QED) is 0.636. The van der Waals surface area contributed by atoms with Crippen LogP contribution in [0.5, 0.6) is 0 Å². The first kappa shape index (κ1) is 9.59. The predicted molar refractivity (Wildman–Crippen MR) is 50.8 cm³/mol. The van der Waals surface area contributed by atoms with Gasteiger partial charge >= 0.3 is 0 Å². The second-order valence-electron chi connectivity index (χ2n) is 3.81. The van der Waals surface area contributed by atoms with Gasteiger partial charge in [-0.15, -0.1) is 0 Å². The van der Waals surface area contributed by atoms with Crippen LogP contribution in [0.4, 0.5) is 8.78 Å². The molecule has 1 aliphatic carbocycles. The Kier molecular flexibility index (Phi) is 2.50. The summed E-state index contributed by atoms with van der Waals surface area (Å²) in [6.07, 6.45) is 3.41. The van der Waals surface area contributed by atoms with Crippen molar-refractivity contribution in [2.45, 2.75) is 31.7 Å². The fourth-order valence-corrected chi connectivity index (χ4v) is 2.04. The van der Waals surface area contributed by atoms with Crippen LogP contribution < -0.4 is 5.73 Å². The Morgan fingerprint density at radius 2 is 2.00 bits per heavy atom. The summed E-state index contributed by atoms with van der Waals surface area (Å²) in [5.41, 5.74) is 7.11. The van der Waals surface area contributed by atoms with Crippen molar-refractivity contribution >= 4 is 0 Å². The summed E-state index contributed by atoms with van der Waals surface area (Å²) in [5.74, 6) is -0.976. The van der Waals surface area contributed by atoms with Crippen LogP contribution in [0, 0.1) is 11.6 Å². The molecule has 2 N–H and O–H groups in total. The number of halogens is 2. The monoisotopic (exact) mass is 197 g/mol. The van der Waals surface area contributed by atoms with Crippen LogP contribution >= 0.6 is 0 Å². The third kappa shape index (κ3) is 1.64. The number of fused-ring (bicyclic) bond motifs is 1. The molecule has 3 heteroatoms. The molecule has 0 amide bonds. The van der Waals surface area contributed by atoms with Gasteiger partial charge in [0.05, 0.1) is 0 Å². The molecule has 0 spiro atoms. The van der Waals surface area contributed by atoms with Crippen LogP contribution in [-0.4, -0.2) is 0 Å². The highest BCUT2D eigenvalue weighted by Crippen LogP contribution is 2.29. The summed E-state index contributed by atoms with van der Waals surface area (Å²) in [6.45, 7) is 0. The molecule has 0 radical (unpaired) electrons. The lowest BCUT2D eigenvalue weighted by molar-refractivity contribution is 0.563. The van der Waals surface area contributed by atoms with E-state index in [9.17, 15) is 8.78 Å². The van der Waals surface area contributed by atoms with Crippen molar-refractivity contribution in [1.82, 2.24) is 0 Å². The van der Waals surface area contributed by atoms with E-state index in [0.29, 0.717) is 17.5 Å². The van der Waals surface area contributed by atoms with Crippen LogP contribution in [0.1, 0.15) is 36.4 Å². The topological polar surface area (TPSA) is 26.0 Å². The van der Waals surface area contributed by atoms with Gasteiger partial charge in [0.15, 0.2) is 0 Å². The van der Waals surface area contributed by atoms with Gasteiger partial charge < -0.3 is 5.73 Å². The molecule has 1 atom stereocenters. The minimum atomic E-state index is -0.529. The van der Waals surface area contributed by atoms with Crippen LogP contribution in [0.3, 0.4) is 0 Å². The highest BCUT2D eigenvalue weighted by Gasteiger charge is 2.19. The van der Waals surface area contributed by atoms with Gasteiger partial charge in [-0.1, -0.05) is 6.42 Å². The Morgan fingerprint density at radius 3 is 2.79 bits per heavy atom. The van der Waals surface area contributed by atoms with E-state index in [1.165, 1.54) is 6.07 Å². The molecule has 2 rings (SSSR count). The Bertz CT molecular complexity index is 349. The molecule has 1 aromatic carbocycles. The fraction of sp³-hybridized carbons (Fsp3) is 0.455. The fourth-order valence-electron chi connectivity index (χ4n) is 2.04. The minimum Gasteiger partial charge on any atom is -0.324 e. The lowest BCUT2D eigenvalue weighted by Gasteiger charge is -2.12. The number of hydrogen-bond donors (Lipinski definition) is 1. The van der Waals surface area contributed by atoms with Gasteiger partial charge in [-0.3, -0.25) is 0 Å². The zero-order valence-corrected chi connectivity index (χ0v) is 7.89. The number of nitrogens with two attached hydrogens (primary N) is 1. The molecule has 0 saturated heterocycles. The summed E-state index contributed by atoms with van der Waals surface area (Å²) in [7, 11) is 0. The SMILES string of the molecule is N[C@@H]1CCCCc2c(F)cc(F)cc21. The highest BCUT2D eigenvalue weighted by atomic mass is 19.1. The Balaban J connectivity index is 2.53. The summed E-state index contributed by atoms with van der Waals surface area (Å²) in [4.78, 5) is 0. The molecular weight excluding hydrogens is 184 g/mol. The third-order valence-electron chi connectivity index (χ3n) is 2.79. The second-order valence-corrected chi connectivity index (χ2v) is 3.81. The molecule has 0 aromatic heterocycles. The normalized spacial score (nSPS) is 21.5. The number of hydrogen-bond acceptors (Lipinski definition) is 1. The van der Waals surface area contributed by atoms with Crippen molar-refractivity contribution in [3.8, 4) is 0 Å². The van der Waals surface area contributed by atoms with E-state index in [-0.39, 0.29) is 6.04 Å². The van der Waals surface area contributed by atoms with E-state index in [0.717, 1.165) is 25.3 Å². The van der Waals surface area contributed by atoms with E-state index in [1.54, 1.807) is 0 Å². The van der Waals surface area contributed by atoms with Gasteiger partial charge in [0.2, 0.25) is 0 Å².